The molecule has 0 radical (unpaired) electrons. The SMILES string of the molecule is OC(Cc1ccc(OC(F)(F)F)cc1)c1cscn1. The minimum atomic E-state index is -4.69. The molecular weight excluding hydrogens is 279 g/mol. The number of aliphatic hydroxyl groups is 1. The van der Waals surface area contributed by atoms with Gasteiger partial charge in [-0.25, -0.2) is 4.98 Å². The molecule has 0 fully saturated rings. The summed E-state index contributed by atoms with van der Waals surface area (Å²) in [6.45, 7) is 0. The Morgan fingerprint density at radius 1 is 1.26 bits per heavy atom. The van der Waals surface area contributed by atoms with Crippen LogP contribution in [0.25, 0.3) is 0 Å². The van der Waals surface area contributed by atoms with Gasteiger partial charge in [0.05, 0.1) is 11.2 Å². The van der Waals surface area contributed by atoms with Gasteiger partial charge in [0.25, 0.3) is 0 Å². The van der Waals surface area contributed by atoms with Crippen LogP contribution in [0.3, 0.4) is 0 Å². The highest BCUT2D eigenvalue weighted by Crippen LogP contribution is 2.24. The van der Waals surface area contributed by atoms with E-state index in [1.54, 1.807) is 10.9 Å². The van der Waals surface area contributed by atoms with Crippen LogP contribution in [0.2, 0.25) is 0 Å². The normalized spacial score (nSPS) is 13.3. The Morgan fingerprint density at radius 2 is 1.95 bits per heavy atom. The molecule has 1 atom stereocenters. The van der Waals surface area contributed by atoms with Gasteiger partial charge < -0.3 is 9.84 Å². The van der Waals surface area contributed by atoms with Gasteiger partial charge in [-0.05, 0) is 17.7 Å². The standard InChI is InChI=1S/C12H10F3NO2S/c13-12(14,15)18-9-3-1-8(2-4-9)5-11(17)10-6-19-7-16-10/h1-4,6-7,11,17H,5H2. The lowest BCUT2D eigenvalue weighted by molar-refractivity contribution is -0.274. The molecule has 3 nitrogen and oxygen atoms in total. The first-order chi connectivity index (χ1) is 8.94. The molecule has 1 N–H and O–H groups in total. The number of hydrogen-bond donors (Lipinski definition) is 1. The van der Waals surface area contributed by atoms with Crippen molar-refractivity contribution in [2.45, 2.75) is 18.9 Å². The van der Waals surface area contributed by atoms with Gasteiger partial charge in [-0.1, -0.05) is 12.1 Å². The van der Waals surface area contributed by atoms with Crippen LogP contribution in [0.4, 0.5) is 13.2 Å². The monoisotopic (exact) mass is 289 g/mol. The summed E-state index contributed by atoms with van der Waals surface area (Å²) in [7, 11) is 0. The summed E-state index contributed by atoms with van der Waals surface area (Å²) in [6, 6.07) is 5.40. The Kier molecular flexibility index (Phi) is 4.06. The van der Waals surface area contributed by atoms with E-state index in [9.17, 15) is 18.3 Å². The molecule has 0 bridgehead atoms. The average Bonchev–Trinajstić information content (AvgIpc) is 2.83. The molecule has 1 aromatic heterocycles. The maximum Gasteiger partial charge on any atom is 0.573 e. The molecule has 0 saturated heterocycles. The quantitative estimate of drug-likeness (QED) is 0.939. The molecule has 0 aliphatic carbocycles. The van der Waals surface area contributed by atoms with Crippen LogP contribution in [-0.4, -0.2) is 16.5 Å². The van der Waals surface area contributed by atoms with Gasteiger partial charge in [0.1, 0.15) is 11.9 Å². The summed E-state index contributed by atoms with van der Waals surface area (Å²) < 4.78 is 39.7. The zero-order valence-corrected chi connectivity index (χ0v) is 10.4. The average molecular weight is 289 g/mol. The second-order valence-electron chi connectivity index (χ2n) is 3.82. The van der Waals surface area contributed by atoms with Crippen LogP contribution in [0.1, 0.15) is 17.4 Å². The van der Waals surface area contributed by atoms with Gasteiger partial charge in [0.15, 0.2) is 0 Å². The molecule has 0 saturated carbocycles. The van der Waals surface area contributed by atoms with Gasteiger partial charge >= 0.3 is 6.36 Å². The third kappa shape index (κ3) is 4.22. The van der Waals surface area contributed by atoms with Crippen molar-refractivity contribution in [3.05, 3.63) is 46.4 Å². The Morgan fingerprint density at radius 3 is 2.47 bits per heavy atom. The van der Waals surface area contributed by atoms with Crippen LogP contribution in [0.5, 0.6) is 5.75 Å². The molecule has 2 aromatic rings. The molecular formula is C12H10F3NO2S. The molecule has 7 heteroatoms. The van der Waals surface area contributed by atoms with Gasteiger partial charge in [-0.2, -0.15) is 0 Å². The van der Waals surface area contributed by atoms with E-state index in [1.807, 2.05) is 0 Å². The predicted octanol–water partition coefficient (Wildman–Crippen LogP) is 3.32. The number of alkyl halides is 3. The van der Waals surface area contributed by atoms with Crippen molar-refractivity contribution >= 4 is 11.3 Å². The highest BCUT2D eigenvalue weighted by molar-refractivity contribution is 7.07. The van der Waals surface area contributed by atoms with E-state index in [-0.39, 0.29) is 12.2 Å². The minimum absolute atomic E-state index is 0.278. The summed E-state index contributed by atoms with van der Waals surface area (Å²) in [4.78, 5) is 3.97. The zero-order chi connectivity index (χ0) is 13.9. The molecule has 0 aliphatic rings. The number of rotatable bonds is 4. The highest BCUT2D eigenvalue weighted by Gasteiger charge is 2.30. The molecule has 0 amide bonds. The van der Waals surface area contributed by atoms with Crippen molar-refractivity contribution in [2.75, 3.05) is 0 Å². The maximum atomic E-state index is 12.0. The minimum Gasteiger partial charge on any atom is -0.406 e. The van der Waals surface area contributed by atoms with Crippen molar-refractivity contribution < 1.29 is 23.0 Å². The Labute approximate surface area is 111 Å². The maximum absolute atomic E-state index is 12.0. The molecule has 1 unspecified atom stereocenters. The molecule has 0 spiro atoms. The van der Waals surface area contributed by atoms with E-state index in [0.717, 1.165) is 0 Å². The largest absolute Gasteiger partial charge is 0.573 e. The second kappa shape index (κ2) is 5.58. The van der Waals surface area contributed by atoms with Crippen LogP contribution in [-0.2, 0) is 6.42 Å². The van der Waals surface area contributed by atoms with E-state index in [4.69, 9.17) is 0 Å². The van der Waals surface area contributed by atoms with Crippen LogP contribution >= 0.6 is 11.3 Å². The zero-order valence-electron chi connectivity index (χ0n) is 9.59. The lowest BCUT2D eigenvalue weighted by atomic mass is 10.1. The number of aliphatic hydroxyl groups excluding tert-OH is 1. The number of halogens is 3. The molecule has 1 heterocycles. The summed E-state index contributed by atoms with van der Waals surface area (Å²) >= 11 is 1.37. The predicted molar refractivity (Wildman–Crippen MR) is 63.9 cm³/mol. The van der Waals surface area contributed by atoms with Gasteiger partial charge in [0, 0.05) is 11.8 Å². The van der Waals surface area contributed by atoms with Crippen molar-refractivity contribution in [3.8, 4) is 5.75 Å². The number of ether oxygens (including phenoxy) is 1. The number of hydrogen-bond acceptors (Lipinski definition) is 4. The fourth-order valence-electron chi connectivity index (χ4n) is 1.54. The lowest BCUT2D eigenvalue weighted by Gasteiger charge is -2.10. The fraction of sp³-hybridized carbons (Fsp3) is 0.250. The third-order valence-electron chi connectivity index (χ3n) is 2.38. The summed E-state index contributed by atoms with van der Waals surface area (Å²) in [5.74, 6) is -0.278. The molecule has 19 heavy (non-hydrogen) atoms. The van der Waals surface area contributed by atoms with Gasteiger partial charge in [-0.15, -0.1) is 24.5 Å². The third-order valence-corrected chi connectivity index (χ3v) is 2.98. The van der Waals surface area contributed by atoms with Gasteiger partial charge in [0.2, 0.25) is 0 Å². The van der Waals surface area contributed by atoms with E-state index in [0.29, 0.717) is 11.3 Å². The first-order valence-electron chi connectivity index (χ1n) is 5.35. The van der Waals surface area contributed by atoms with E-state index < -0.39 is 12.5 Å². The smallest absolute Gasteiger partial charge is 0.406 e. The molecule has 2 rings (SSSR count). The fourth-order valence-corrected chi connectivity index (χ4v) is 2.14. The van der Waals surface area contributed by atoms with Crippen molar-refractivity contribution in [1.29, 1.82) is 0 Å². The van der Waals surface area contributed by atoms with Crippen molar-refractivity contribution in [1.82, 2.24) is 4.98 Å². The first kappa shape index (κ1) is 13.8. The second-order valence-corrected chi connectivity index (χ2v) is 4.54. The van der Waals surface area contributed by atoms with Crippen LogP contribution in [0, 0.1) is 0 Å². The van der Waals surface area contributed by atoms with Gasteiger partial charge in [-0.3, -0.25) is 0 Å². The molecule has 102 valence electrons. The first-order valence-corrected chi connectivity index (χ1v) is 6.29. The van der Waals surface area contributed by atoms with E-state index >= 15 is 0 Å². The number of thiazole rings is 1. The lowest BCUT2D eigenvalue weighted by Crippen LogP contribution is -2.17. The summed E-state index contributed by atoms with van der Waals surface area (Å²) in [5.41, 5.74) is 2.87. The molecule has 1 aromatic carbocycles. The Hall–Kier alpha value is -1.60. The number of benzene rings is 1. The Balaban J connectivity index is 1.99. The van der Waals surface area contributed by atoms with Crippen molar-refractivity contribution in [2.24, 2.45) is 0 Å². The van der Waals surface area contributed by atoms with E-state index in [2.05, 4.69) is 9.72 Å². The number of nitrogens with zero attached hydrogens (tertiary/aromatic N) is 1. The molecule has 0 aliphatic heterocycles. The number of aromatic nitrogens is 1. The Bertz CT molecular complexity index is 511. The summed E-state index contributed by atoms with van der Waals surface area (Å²) in [6.07, 6.45) is -5.17. The van der Waals surface area contributed by atoms with Crippen LogP contribution < -0.4 is 4.74 Å². The topological polar surface area (TPSA) is 42.4 Å². The summed E-state index contributed by atoms with van der Waals surface area (Å²) in [5, 5.41) is 11.6. The highest BCUT2D eigenvalue weighted by atomic mass is 32.1. The van der Waals surface area contributed by atoms with Crippen LogP contribution in [0.15, 0.2) is 35.2 Å². The van der Waals surface area contributed by atoms with E-state index in [1.165, 1.54) is 35.6 Å². The van der Waals surface area contributed by atoms with Crippen molar-refractivity contribution in [3.63, 3.8) is 0 Å².